The van der Waals surface area contributed by atoms with E-state index in [1.165, 1.54) is 35.8 Å². The summed E-state index contributed by atoms with van der Waals surface area (Å²) in [7, 11) is 1.15. The summed E-state index contributed by atoms with van der Waals surface area (Å²) in [6.07, 6.45) is 1.95. The second-order valence-electron chi connectivity index (χ2n) is 10.4. The van der Waals surface area contributed by atoms with E-state index in [-0.39, 0.29) is 29.1 Å². The van der Waals surface area contributed by atoms with Crippen LogP contribution in [0.1, 0.15) is 49.5 Å². The second kappa shape index (κ2) is 13.5. The molecule has 3 aromatic rings. The Morgan fingerprint density at radius 3 is 2.26 bits per heavy atom. The maximum atomic E-state index is 14.9. The number of ether oxygens (including phenoxy) is 1. The highest BCUT2D eigenvalue weighted by atomic mass is 32.2. The Balaban J connectivity index is 1.17. The number of esters is 1. The van der Waals surface area contributed by atoms with Gasteiger partial charge in [-0.15, -0.1) is 0 Å². The number of halogens is 2. The largest absolute Gasteiger partial charge is 0.465 e. The topological polar surface area (TPSA) is 78.9 Å². The van der Waals surface area contributed by atoms with Crippen molar-refractivity contribution in [2.45, 2.75) is 25.4 Å². The summed E-state index contributed by atoms with van der Waals surface area (Å²) >= 11 is 2.00. The SMILES string of the molecule is COC(=O)c1c(F)cccc1-c1ccc(CNC(=O)c2ccc(C(=O)N3CCC(N4CCSCC4)CC3)cc2)c(F)c1. The zero-order valence-electron chi connectivity index (χ0n) is 23.4. The summed E-state index contributed by atoms with van der Waals surface area (Å²) in [6.45, 7) is 3.62. The average molecular weight is 594 g/mol. The molecule has 10 heteroatoms. The molecule has 0 bridgehead atoms. The van der Waals surface area contributed by atoms with Crippen LogP contribution in [0.5, 0.6) is 0 Å². The van der Waals surface area contributed by atoms with Crippen LogP contribution in [-0.2, 0) is 11.3 Å². The van der Waals surface area contributed by atoms with Gasteiger partial charge in [0.2, 0.25) is 0 Å². The van der Waals surface area contributed by atoms with Crippen molar-refractivity contribution in [1.82, 2.24) is 15.1 Å². The van der Waals surface area contributed by atoms with Crippen LogP contribution in [0, 0.1) is 11.6 Å². The molecule has 0 atom stereocenters. The molecular weight excluding hydrogens is 560 g/mol. The van der Waals surface area contributed by atoms with Gasteiger partial charge in [-0.05, 0) is 60.4 Å². The Kier molecular flexibility index (Phi) is 9.54. The first kappa shape index (κ1) is 29.7. The molecule has 220 valence electrons. The number of piperidine rings is 1. The van der Waals surface area contributed by atoms with Gasteiger partial charge < -0.3 is 15.0 Å². The van der Waals surface area contributed by atoms with Gasteiger partial charge in [0, 0.05) is 67.0 Å². The molecule has 7 nitrogen and oxygen atoms in total. The number of rotatable bonds is 7. The normalized spacial score (nSPS) is 16.2. The van der Waals surface area contributed by atoms with Crippen molar-refractivity contribution < 1.29 is 27.9 Å². The van der Waals surface area contributed by atoms with Crippen molar-refractivity contribution in [3.63, 3.8) is 0 Å². The van der Waals surface area contributed by atoms with Crippen LogP contribution >= 0.6 is 11.8 Å². The van der Waals surface area contributed by atoms with Crippen molar-refractivity contribution in [3.8, 4) is 11.1 Å². The smallest absolute Gasteiger partial charge is 0.341 e. The number of benzene rings is 3. The molecule has 2 fully saturated rings. The van der Waals surface area contributed by atoms with E-state index < -0.39 is 23.5 Å². The summed E-state index contributed by atoms with van der Waals surface area (Å²) in [5, 5.41) is 2.70. The quantitative estimate of drug-likeness (QED) is 0.389. The van der Waals surface area contributed by atoms with E-state index in [2.05, 4.69) is 15.0 Å². The summed E-state index contributed by atoms with van der Waals surface area (Å²) in [4.78, 5) is 42.3. The number of hydrogen-bond acceptors (Lipinski definition) is 6. The lowest BCUT2D eigenvalue weighted by Crippen LogP contribution is -2.49. The number of amides is 2. The number of nitrogens with zero attached hydrogens (tertiary/aromatic N) is 2. The third-order valence-corrected chi connectivity index (χ3v) is 8.86. The van der Waals surface area contributed by atoms with E-state index >= 15 is 0 Å². The summed E-state index contributed by atoms with van der Waals surface area (Å²) in [5.74, 6) is -0.324. The summed E-state index contributed by atoms with van der Waals surface area (Å²) in [6, 6.07) is 15.3. The first-order chi connectivity index (χ1) is 20.4. The highest BCUT2D eigenvalue weighted by molar-refractivity contribution is 7.99. The lowest BCUT2D eigenvalue weighted by Gasteiger charge is -2.40. The Bertz CT molecular complexity index is 1450. The van der Waals surface area contributed by atoms with Gasteiger partial charge >= 0.3 is 5.97 Å². The Morgan fingerprint density at radius 1 is 0.905 bits per heavy atom. The molecule has 42 heavy (non-hydrogen) atoms. The van der Waals surface area contributed by atoms with Crippen molar-refractivity contribution in [1.29, 1.82) is 0 Å². The molecule has 0 spiro atoms. The minimum absolute atomic E-state index is 0.0366. The lowest BCUT2D eigenvalue weighted by molar-refractivity contribution is 0.0594. The fourth-order valence-corrected chi connectivity index (χ4v) is 6.46. The fraction of sp³-hybridized carbons (Fsp3) is 0.344. The molecule has 2 amide bonds. The first-order valence-electron chi connectivity index (χ1n) is 14.0. The minimum atomic E-state index is -0.857. The summed E-state index contributed by atoms with van der Waals surface area (Å²) in [5.41, 5.74) is 1.34. The molecule has 0 aliphatic carbocycles. The molecule has 0 unspecified atom stereocenters. The summed E-state index contributed by atoms with van der Waals surface area (Å²) < 4.78 is 33.9. The maximum absolute atomic E-state index is 14.9. The first-order valence-corrected chi connectivity index (χ1v) is 15.2. The molecule has 0 aromatic heterocycles. The van der Waals surface area contributed by atoms with Crippen molar-refractivity contribution in [2.75, 3.05) is 44.8 Å². The maximum Gasteiger partial charge on any atom is 0.341 e. The van der Waals surface area contributed by atoms with Crippen LogP contribution < -0.4 is 5.32 Å². The number of likely N-dealkylation sites (tertiary alicyclic amines) is 1. The van der Waals surface area contributed by atoms with Crippen molar-refractivity contribution in [3.05, 3.63) is 94.6 Å². The minimum Gasteiger partial charge on any atom is -0.465 e. The molecular formula is C32H33F2N3O4S. The molecule has 2 heterocycles. The van der Waals surface area contributed by atoms with Crippen LogP contribution in [-0.4, -0.2) is 78.4 Å². The fourth-order valence-electron chi connectivity index (χ4n) is 5.53. The van der Waals surface area contributed by atoms with Crippen LogP contribution in [0.15, 0.2) is 60.7 Å². The lowest BCUT2D eigenvalue weighted by atomic mass is 9.98. The van der Waals surface area contributed by atoms with Gasteiger partial charge in [0.05, 0.1) is 7.11 Å². The molecule has 1 N–H and O–H groups in total. The molecule has 2 aliphatic heterocycles. The molecule has 2 aliphatic rings. The Morgan fingerprint density at radius 2 is 1.60 bits per heavy atom. The number of hydrogen-bond donors (Lipinski definition) is 1. The molecule has 5 rings (SSSR count). The zero-order chi connectivity index (χ0) is 29.6. The van der Waals surface area contributed by atoms with E-state index in [4.69, 9.17) is 0 Å². The number of carbonyl (C=O) groups excluding carboxylic acids is 3. The van der Waals surface area contributed by atoms with Crippen LogP contribution in [0.3, 0.4) is 0 Å². The van der Waals surface area contributed by atoms with Gasteiger partial charge in [-0.25, -0.2) is 13.6 Å². The van der Waals surface area contributed by atoms with E-state index in [9.17, 15) is 23.2 Å². The van der Waals surface area contributed by atoms with Gasteiger partial charge in [-0.1, -0.05) is 24.3 Å². The average Bonchev–Trinajstić information content (AvgIpc) is 3.03. The van der Waals surface area contributed by atoms with Crippen LogP contribution in [0.2, 0.25) is 0 Å². The van der Waals surface area contributed by atoms with Gasteiger partial charge in [0.25, 0.3) is 11.8 Å². The van der Waals surface area contributed by atoms with Gasteiger partial charge in [-0.2, -0.15) is 11.8 Å². The van der Waals surface area contributed by atoms with E-state index in [1.807, 2.05) is 16.7 Å². The molecule has 0 saturated carbocycles. The van der Waals surface area contributed by atoms with E-state index in [1.54, 1.807) is 30.3 Å². The monoisotopic (exact) mass is 593 g/mol. The predicted molar refractivity (Wildman–Crippen MR) is 159 cm³/mol. The zero-order valence-corrected chi connectivity index (χ0v) is 24.2. The van der Waals surface area contributed by atoms with E-state index in [0.29, 0.717) is 22.7 Å². The van der Waals surface area contributed by atoms with Crippen LogP contribution in [0.25, 0.3) is 11.1 Å². The van der Waals surface area contributed by atoms with Crippen LogP contribution in [0.4, 0.5) is 8.78 Å². The number of methoxy groups -OCH3 is 1. The standard InChI is InChI=1S/C32H33F2N3O4S/c1-41-32(40)29-26(3-2-4-27(29)33)23-9-10-24(28(34)19-23)20-35-30(38)21-5-7-22(8-6-21)31(39)37-13-11-25(12-14-37)36-15-17-42-18-16-36/h2-10,19,25H,11-18,20H2,1H3,(H,35,38). The van der Waals surface area contributed by atoms with Gasteiger partial charge in [0.1, 0.15) is 17.2 Å². The van der Waals surface area contributed by atoms with Gasteiger partial charge in [-0.3, -0.25) is 14.5 Å². The number of nitrogens with one attached hydrogen (secondary N) is 1. The molecule has 3 aromatic carbocycles. The Labute approximate surface area is 248 Å². The highest BCUT2D eigenvalue weighted by Gasteiger charge is 2.28. The Hall–Kier alpha value is -3.76. The third kappa shape index (κ3) is 6.65. The number of thioether (sulfide) groups is 1. The predicted octanol–water partition coefficient (Wildman–Crippen LogP) is 5.00. The second-order valence-corrected chi connectivity index (χ2v) is 11.6. The highest BCUT2D eigenvalue weighted by Crippen LogP contribution is 2.28. The van der Waals surface area contributed by atoms with Gasteiger partial charge in [0.15, 0.2) is 0 Å². The number of carbonyl (C=O) groups is 3. The molecule has 0 radical (unpaired) electrons. The van der Waals surface area contributed by atoms with Crippen molar-refractivity contribution in [2.24, 2.45) is 0 Å². The molecule has 2 saturated heterocycles. The third-order valence-electron chi connectivity index (χ3n) is 7.91. The van der Waals surface area contributed by atoms with Crippen molar-refractivity contribution >= 4 is 29.5 Å². The van der Waals surface area contributed by atoms with E-state index in [0.717, 1.165) is 52.2 Å².